The van der Waals surface area contributed by atoms with E-state index in [9.17, 15) is 18.0 Å². The molecule has 1 fully saturated rings. The van der Waals surface area contributed by atoms with Gasteiger partial charge in [0, 0.05) is 11.6 Å². The normalized spacial score (nSPS) is 26.6. The van der Waals surface area contributed by atoms with E-state index < -0.39 is 22.0 Å². The summed E-state index contributed by atoms with van der Waals surface area (Å²) in [6.45, 7) is 1.60. The molecule has 0 bridgehead atoms. The van der Waals surface area contributed by atoms with E-state index >= 15 is 0 Å². The minimum atomic E-state index is -3.64. The number of rotatable bonds is 4. The zero-order chi connectivity index (χ0) is 18.9. The number of amidine groups is 1. The van der Waals surface area contributed by atoms with Crippen LogP contribution in [0, 0.1) is 5.92 Å². The largest absolute Gasteiger partial charge is 0.481 e. The van der Waals surface area contributed by atoms with Gasteiger partial charge in [0.2, 0.25) is 5.91 Å². The molecule has 1 aromatic rings. The fraction of sp³-hybridized carbons (Fsp3) is 0.471. The molecule has 0 saturated heterocycles. The number of carbonyl (C=O) groups excluding carboxylic acids is 1. The lowest BCUT2D eigenvalue weighted by Gasteiger charge is -2.27. The van der Waals surface area contributed by atoms with Crippen molar-refractivity contribution < 1.29 is 23.1 Å². The molecule has 1 amide bonds. The number of carboxylic acid groups (broad SMARTS) is 1. The Hall–Kier alpha value is -2.42. The van der Waals surface area contributed by atoms with Gasteiger partial charge in [0.1, 0.15) is 11.9 Å². The summed E-state index contributed by atoms with van der Waals surface area (Å²) in [6.07, 6.45) is 2.30. The van der Waals surface area contributed by atoms with Crippen LogP contribution in [0.4, 0.5) is 0 Å². The number of aliphatic carboxylic acids is 1. The van der Waals surface area contributed by atoms with Crippen LogP contribution in [0.25, 0.3) is 0 Å². The number of carbonyl (C=O) groups is 2. The molecule has 0 radical (unpaired) electrons. The third-order valence-corrected chi connectivity index (χ3v) is 6.18. The number of hydrogen-bond donors (Lipinski definition) is 3. The van der Waals surface area contributed by atoms with Gasteiger partial charge in [-0.05, 0) is 44.7 Å². The number of fused-ring (bicyclic) bond motifs is 1. The standard InChI is InChI=1S/C17H21N3O5S/c1-10(16(21)19-12-8-6-11(7-9-12)17(22)23)18-15-13-4-2-3-5-14(13)26(24,25)20-15/h2-5,10-12H,6-9H2,1H3,(H,18,20)(H,19,21)(H,22,23). The Morgan fingerprint density at radius 3 is 2.54 bits per heavy atom. The number of carboxylic acids is 1. The second kappa shape index (κ2) is 7.06. The van der Waals surface area contributed by atoms with Crippen molar-refractivity contribution in [3.63, 3.8) is 0 Å². The lowest BCUT2D eigenvalue weighted by molar-refractivity contribution is -0.142. The molecular weight excluding hydrogens is 358 g/mol. The van der Waals surface area contributed by atoms with Crippen molar-refractivity contribution in [2.24, 2.45) is 10.9 Å². The third kappa shape index (κ3) is 3.72. The average Bonchev–Trinajstić information content (AvgIpc) is 2.86. The lowest BCUT2D eigenvalue weighted by Crippen LogP contribution is -2.42. The van der Waals surface area contributed by atoms with Gasteiger partial charge in [0.25, 0.3) is 10.0 Å². The van der Waals surface area contributed by atoms with Gasteiger partial charge in [-0.1, -0.05) is 12.1 Å². The van der Waals surface area contributed by atoms with Crippen LogP contribution in [0.15, 0.2) is 34.2 Å². The van der Waals surface area contributed by atoms with E-state index in [1.165, 1.54) is 6.07 Å². The Balaban J connectivity index is 1.65. The predicted octanol–water partition coefficient (Wildman–Crippen LogP) is 0.873. The molecule has 1 atom stereocenters. The average molecular weight is 379 g/mol. The molecule has 1 heterocycles. The second-order valence-corrected chi connectivity index (χ2v) is 8.30. The first kappa shape index (κ1) is 18.4. The Kier molecular flexibility index (Phi) is 4.99. The summed E-state index contributed by atoms with van der Waals surface area (Å²) in [7, 11) is -3.64. The Labute approximate surface area is 151 Å². The van der Waals surface area contributed by atoms with Crippen molar-refractivity contribution in [2.45, 2.75) is 49.6 Å². The summed E-state index contributed by atoms with van der Waals surface area (Å²) in [5.74, 6) is -1.27. The highest BCUT2D eigenvalue weighted by Crippen LogP contribution is 2.25. The first-order valence-corrected chi connectivity index (χ1v) is 9.99. The molecule has 1 saturated carbocycles. The summed E-state index contributed by atoms with van der Waals surface area (Å²) in [5.41, 5.74) is 0.453. The zero-order valence-electron chi connectivity index (χ0n) is 14.3. The van der Waals surface area contributed by atoms with Gasteiger partial charge >= 0.3 is 5.97 Å². The minimum Gasteiger partial charge on any atom is -0.481 e. The molecule has 9 heteroatoms. The van der Waals surface area contributed by atoms with Crippen LogP contribution in [0.5, 0.6) is 0 Å². The highest BCUT2D eigenvalue weighted by Gasteiger charge is 2.32. The highest BCUT2D eigenvalue weighted by atomic mass is 32.2. The Morgan fingerprint density at radius 2 is 1.88 bits per heavy atom. The van der Waals surface area contributed by atoms with Crippen molar-refractivity contribution >= 4 is 27.7 Å². The first-order valence-electron chi connectivity index (χ1n) is 8.51. The van der Waals surface area contributed by atoms with Crippen LogP contribution in [0.1, 0.15) is 38.2 Å². The van der Waals surface area contributed by atoms with Gasteiger partial charge < -0.3 is 10.4 Å². The molecule has 1 unspecified atom stereocenters. The third-order valence-electron chi connectivity index (χ3n) is 4.79. The summed E-state index contributed by atoms with van der Waals surface area (Å²) in [5, 5.41) is 11.9. The van der Waals surface area contributed by atoms with Gasteiger partial charge in [-0.15, -0.1) is 0 Å². The van der Waals surface area contributed by atoms with Crippen molar-refractivity contribution in [2.75, 3.05) is 0 Å². The van der Waals surface area contributed by atoms with Crippen molar-refractivity contribution in [1.29, 1.82) is 0 Å². The molecule has 2 aliphatic rings. The smallest absolute Gasteiger partial charge is 0.306 e. The van der Waals surface area contributed by atoms with Crippen LogP contribution in [0.3, 0.4) is 0 Å². The Morgan fingerprint density at radius 1 is 1.23 bits per heavy atom. The fourth-order valence-electron chi connectivity index (χ4n) is 3.29. The minimum absolute atomic E-state index is 0.0756. The van der Waals surface area contributed by atoms with Crippen LogP contribution in [-0.2, 0) is 19.6 Å². The first-order chi connectivity index (χ1) is 12.3. The van der Waals surface area contributed by atoms with Gasteiger partial charge in [0.15, 0.2) is 0 Å². The number of hydrogen-bond acceptors (Lipinski definition) is 5. The number of amides is 1. The summed E-state index contributed by atoms with van der Waals surface area (Å²) >= 11 is 0. The molecule has 1 aliphatic heterocycles. The number of sulfonamides is 1. The van der Waals surface area contributed by atoms with E-state index in [1.807, 2.05) is 0 Å². The number of benzene rings is 1. The summed E-state index contributed by atoms with van der Waals surface area (Å²) in [6, 6.07) is 5.63. The molecule has 1 aliphatic carbocycles. The molecule has 8 nitrogen and oxygen atoms in total. The quantitative estimate of drug-likeness (QED) is 0.716. The predicted molar refractivity (Wildman–Crippen MR) is 94.3 cm³/mol. The van der Waals surface area contributed by atoms with Crippen LogP contribution in [0.2, 0.25) is 0 Å². The Bertz CT molecular complexity index is 857. The molecular formula is C17H21N3O5S. The van der Waals surface area contributed by atoms with Gasteiger partial charge in [-0.2, -0.15) is 0 Å². The van der Waals surface area contributed by atoms with E-state index in [0.29, 0.717) is 31.2 Å². The molecule has 140 valence electrons. The van der Waals surface area contributed by atoms with Crippen LogP contribution in [-0.4, -0.2) is 43.3 Å². The number of nitrogens with zero attached hydrogens (tertiary/aromatic N) is 1. The maximum atomic E-state index is 12.4. The number of nitrogens with one attached hydrogen (secondary N) is 2. The fourth-order valence-corrected chi connectivity index (χ4v) is 4.53. The highest BCUT2D eigenvalue weighted by molar-refractivity contribution is 7.90. The van der Waals surface area contributed by atoms with E-state index in [4.69, 9.17) is 5.11 Å². The van der Waals surface area contributed by atoms with Crippen molar-refractivity contribution in [1.82, 2.24) is 10.0 Å². The molecule has 26 heavy (non-hydrogen) atoms. The lowest BCUT2D eigenvalue weighted by atomic mass is 9.86. The monoisotopic (exact) mass is 379 g/mol. The maximum Gasteiger partial charge on any atom is 0.306 e. The van der Waals surface area contributed by atoms with E-state index in [2.05, 4.69) is 15.0 Å². The van der Waals surface area contributed by atoms with E-state index in [1.54, 1.807) is 25.1 Å². The molecule has 0 spiro atoms. The molecule has 3 N–H and O–H groups in total. The summed E-state index contributed by atoms with van der Waals surface area (Å²) < 4.78 is 26.5. The maximum absolute atomic E-state index is 12.4. The SMILES string of the molecule is CC(N=C1NS(=O)(=O)c2ccccc21)C(=O)NC1CCC(C(=O)O)CC1. The van der Waals surface area contributed by atoms with Gasteiger partial charge in [0.05, 0.1) is 10.8 Å². The molecule has 0 aromatic heterocycles. The van der Waals surface area contributed by atoms with Gasteiger partial charge in [-0.3, -0.25) is 19.3 Å². The number of aliphatic imine (C=N–C) groups is 1. The van der Waals surface area contributed by atoms with Crippen molar-refractivity contribution in [3.05, 3.63) is 29.8 Å². The van der Waals surface area contributed by atoms with Crippen LogP contribution >= 0.6 is 0 Å². The van der Waals surface area contributed by atoms with Crippen LogP contribution < -0.4 is 10.0 Å². The summed E-state index contributed by atoms with van der Waals surface area (Å²) in [4.78, 5) is 27.7. The van der Waals surface area contributed by atoms with E-state index in [0.717, 1.165) is 0 Å². The topological polar surface area (TPSA) is 125 Å². The molecule has 1 aromatic carbocycles. The second-order valence-electron chi connectivity index (χ2n) is 6.65. The van der Waals surface area contributed by atoms with Gasteiger partial charge in [-0.25, -0.2) is 8.42 Å². The molecule has 3 rings (SSSR count). The van der Waals surface area contributed by atoms with E-state index in [-0.39, 0.29) is 28.6 Å². The zero-order valence-corrected chi connectivity index (χ0v) is 15.1. The van der Waals surface area contributed by atoms with Crippen molar-refractivity contribution in [3.8, 4) is 0 Å².